The minimum atomic E-state index is -0.393. The molecule has 1 heterocycles. The number of anilines is 1. The molecule has 3 aromatic rings. The van der Waals surface area contributed by atoms with Crippen molar-refractivity contribution >= 4 is 46.1 Å². The quantitative estimate of drug-likeness (QED) is 0.453. The zero-order valence-corrected chi connectivity index (χ0v) is 19.0. The number of para-hydroxylation sites is 2. The van der Waals surface area contributed by atoms with Gasteiger partial charge in [-0.2, -0.15) is 0 Å². The smallest absolute Gasteiger partial charge is 0.144 e. The predicted octanol–water partition coefficient (Wildman–Crippen LogP) is 7.00. The fourth-order valence-electron chi connectivity index (χ4n) is 4.72. The number of aliphatic imine (C=N–C) groups is 1. The maximum Gasteiger partial charge on any atom is 0.144 e. The molecule has 1 saturated carbocycles. The van der Waals surface area contributed by atoms with Crippen molar-refractivity contribution in [1.82, 2.24) is 0 Å². The first-order valence-corrected chi connectivity index (χ1v) is 11.3. The van der Waals surface area contributed by atoms with Crippen LogP contribution in [0.25, 0.3) is 0 Å². The van der Waals surface area contributed by atoms with E-state index in [0.29, 0.717) is 22.9 Å². The Labute approximate surface area is 197 Å². The van der Waals surface area contributed by atoms with E-state index in [1.807, 2.05) is 60.7 Å². The third-order valence-corrected chi connectivity index (χ3v) is 6.87. The fourth-order valence-corrected chi connectivity index (χ4v) is 5.25. The molecule has 3 atom stereocenters. The van der Waals surface area contributed by atoms with Crippen LogP contribution in [0.4, 0.5) is 11.4 Å². The first-order chi connectivity index (χ1) is 15.5. The molecule has 6 heteroatoms. The number of nitrogens with zero attached hydrogens (tertiary/aromatic N) is 1. The summed E-state index contributed by atoms with van der Waals surface area (Å²) in [5, 5.41) is 4.66. The molecule has 0 amide bonds. The molecular weight excluding hydrogens is 443 g/mol. The molecule has 2 aliphatic rings. The summed E-state index contributed by atoms with van der Waals surface area (Å²) < 4.78 is 5.28. The van der Waals surface area contributed by atoms with Crippen molar-refractivity contribution in [3.05, 3.63) is 87.9 Å². The van der Waals surface area contributed by atoms with Gasteiger partial charge in [0.2, 0.25) is 0 Å². The van der Waals surface area contributed by atoms with Gasteiger partial charge in [0.15, 0.2) is 0 Å². The van der Waals surface area contributed by atoms with Gasteiger partial charge in [-0.05, 0) is 59.9 Å². The van der Waals surface area contributed by atoms with E-state index in [9.17, 15) is 4.79 Å². The van der Waals surface area contributed by atoms with Crippen LogP contribution in [0.5, 0.6) is 5.75 Å². The monoisotopic (exact) mass is 464 g/mol. The number of nitrogens with one attached hydrogen (secondary N) is 1. The molecule has 0 spiro atoms. The highest BCUT2D eigenvalue weighted by atomic mass is 35.5. The SMILES string of the molecule is COc1ccc(C2CC(=O)C3C(=Nc4ccccc4NC3c3ccc(Cl)cc3Cl)C2)cc1. The van der Waals surface area contributed by atoms with Crippen LogP contribution in [-0.4, -0.2) is 18.6 Å². The summed E-state index contributed by atoms with van der Waals surface area (Å²) in [6.07, 6.45) is 1.16. The van der Waals surface area contributed by atoms with E-state index in [1.54, 1.807) is 13.2 Å². The van der Waals surface area contributed by atoms with Crippen molar-refractivity contribution in [3.63, 3.8) is 0 Å². The summed E-state index contributed by atoms with van der Waals surface area (Å²) in [5.74, 6) is 0.647. The summed E-state index contributed by atoms with van der Waals surface area (Å²) >= 11 is 12.7. The molecule has 3 unspecified atom stereocenters. The van der Waals surface area contributed by atoms with Crippen molar-refractivity contribution in [2.75, 3.05) is 12.4 Å². The van der Waals surface area contributed by atoms with Crippen molar-refractivity contribution < 1.29 is 9.53 Å². The highest BCUT2D eigenvalue weighted by Gasteiger charge is 2.42. The molecule has 3 aromatic carbocycles. The van der Waals surface area contributed by atoms with Gasteiger partial charge in [0.25, 0.3) is 0 Å². The number of hydrogen-bond acceptors (Lipinski definition) is 4. The third-order valence-electron chi connectivity index (χ3n) is 6.31. The average Bonchev–Trinajstić information content (AvgIpc) is 2.96. The lowest BCUT2D eigenvalue weighted by Crippen LogP contribution is -2.38. The van der Waals surface area contributed by atoms with Crippen molar-refractivity contribution in [2.24, 2.45) is 10.9 Å². The van der Waals surface area contributed by atoms with Crippen LogP contribution in [0.2, 0.25) is 10.0 Å². The Morgan fingerprint density at radius 2 is 1.78 bits per heavy atom. The maximum atomic E-state index is 13.6. The van der Waals surface area contributed by atoms with Crippen LogP contribution in [0.1, 0.15) is 35.9 Å². The Morgan fingerprint density at radius 3 is 2.53 bits per heavy atom. The van der Waals surface area contributed by atoms with E-state index in [0.717, 1.165) is 34.0 Å². The van der Waals surface area contributed by atoms with Gasteiger partial charge < -0.3 is 10.1 Å². The number of hydrogen-bond donors (Lipinski definition) is 1. The lowest BCUT2D eigenvalue weighted by atomic mass is 9.72. The molecule has 0 bridgehead atoms. The van der Waals surface area contributed by atoms with Crippen LogP contribution in [0.15, 0.2) is 71.7 Å². The van der Waals surface area contributed by atoms with Gasteiger partial charge in [-0.15, -0.1) is 0 Å². The standard InChI is InChI=1S/C26H22Cl2N2O2/c1-32-18-9-6-15(7-10-18)16-12-23-25(24(31)13-16)26(19-11-8-17(27)14-20(19)28)30-22-5-3-2-4-21(22)29-23/h2-11,14,16,25-26,30H,12-13H2,1H3. The number of ether oxygens (including phenoxy) is 1. The fraction of sp³-hybridized carbons (Fsp3) is 0.231. The van der Waals surface area contributed by atoms with Crippen molar-refractivity contribution in [2.45, 2.75) is 24.8 Å². The minimum absolute atomic E-state index is 0.0787. The number of benzene rings is 3. The Balaban J connectivity index is 1.58. The third kappa shape index (κ3) is 3.89. The number of ketones is 1. The molecule has 0 radical (unpaired) electrons. The molecule has 1 fully saturated rings. The van der Waals surface area contributed by atoms with E-state index in [2.05, 4.69) is 5.32 Å². The van der Waals surface area contributed by atoms with Gasteiger partial charge in [-0.25, -0.2) is 0 Å². The topological polar surface area (TPSA) is 50.7 Å². The summed E-state index contributed by atoms with van der Waals surface area (Å²) in [5.41, 5.74) is 4.58. The summed E-state index contributed by atoms with van der Waals surface area (Å²) in [7, 11) is 1.65. The summed E-state index contributed by atoms with van der Waals surface area (Å²) in [6.45, 7) is 0. The molecule has 1 aliphatic carbocycles. The van der Waals surface area contributed by atoms with Crippen molar-refractivity contribution in [1.29, 1.82) is 0 Å². The second kappa shape index (κ2) is 8.61. The summed E-state index contributed by atoms with van der Waals surface area (Å²) in [4.78, 5) is 18.6. The molecule has 4 nitrogen and oxygen atoms in total. The molecule has 0 saturated heterocycles. The lowest BCUT2D eigenvalue weighted by Gasteiger charge is -2.34. The molecule has 1 N–H and O–H groups in total. The van der Waals surface area contributed by atoms with E-state index in [-0.39, 0.29) is 17.7 Å². The highest BCUT2D eigenvalue weighted by Crippen LogP contribution is 2.45. The van der Waals surface area contributed by atoms with Crippen LogP contribution in [-0.2, 0) is 4.79 Å². The second-order valence-corrected chi connectivity index (χ2v) is 9.07. The van der Waals surface area contributed by atoms with Crippen LogP contribution < -0.4 is 10.1 Å². The van der Waals surface area contributed by atoms with Gasteiger partial charge in [-0.1, -0.05) is 53.5 Å². The van der Waals surface area contributed by atoms with Crippen molar-refractivity contribution in [3.8, 4) is 5.75 Å². The number of carbonyl (C=O) groups is 1. The first-order valence-electron chi connectivity index (χ1n) is 10.6. The number of methoxy groups -OCH3 is 1. The number of carbonyl (C=O) groups excluding carboxylic acids is 1. The highest BCUT2D eigenvalue weighted by molar-refractivity contribution is 6.35. The van der Waals surface area contributed by atoms with Crippen LogP contribution in [0, 0.1) is 5.92 Å². The zero-order valence-electron chi connectivity index (χ0n) is 17.5. The van der Waals surface area contributed by atoms with Gasteiger partial charge in [-0.3, -0.25) is 9.79 Å². The molecular formula is C26H22Cl2N2O2. The van der Waals surface area contributed by atoms with Gasteiger partial charge in [0.1, 0.15) is 11.5 Å². The largest absolute Gasteiger partial charge is 0.497 e. The number of Topliss-reactive ketones (excluding diaryl/α,β-unsaturated/α-hetero) is 1. The molecule has 5 rings (SSSR count). The lowest BCUT2D eigenvalue weighted by molar-refractivity contribution is -0.122. The maximum absolute atomic E-state index is 13.6. The first kappa shape index (κ1) is 21.0. The number of halogens is 2. The zero-order chi connectivity index (χ0) is 22.2. The van der Waals surface area contributed by atoms with Gasteiger partial charge >= 0.3 is 0 Å². The minimum Gasteiger partial charge on any atom is -0.497 e. The van der Waals surface area contributed by atoms with Crippen LogP contribution in [0.3, 0.4) is 0 Å². The molecule has 0 aromatic heterocycles. The van der Waals surface area contributed by atoms with Gasteiger partial charge in [0.05, 0.1) is 30.4 Å². The molecule has 32 heavy (non-hydrogen) atoms. The predicted molar refractivity (Wildman–Crippen MR) is 130 cm³/mol. The van der Waals surface area contributed by atoms with E-state index in [4.69, 9.17) is 32.9 Å². The number of rotatable bonds is 3. The second-order valence-electron chi connectivity index (χ2n) is 8.23. The molecule has 162 valence electrons. The Hall–Kier alpha value is -2.82. The Kier molecular flexibility index (Phi) is 5.66. The Morgan fingerprint density at radius 1 is 1.00 bits per heavy atom. The van der Waals surface area contributed by atoms with E-state index < -0.39 is 5.92 Å². The summed E-state index contributed by atoms with van der Waals surface area (Å²) in [6, 6.07) is 20.9. The van der Waals surface area contributed by atoms with E-state index >= 15 is 0 Å². The normalized spacial score (nSPS) is 22.2. The molecule has 1 aliphatic heterocycles. The van der Waals surface area contributed by atoms with E-state index in [1.165, 1.54) is 0 Å². The van der Waals surface area contributed by atoms with Gasteiger partial charge in [0, 0.05) is 22.2 Å². The number of fused-ring (bicyclic) bond motifs is 2. The van der Waals surface area contributed by atoms with Crippen LogP contribution >= 0.6 is 23.2 Å². The average molecular weight is 465 g/mol. The Bertz CT molecular complexity index is 1210.